The number of ether oxygens (including phenoxy) is 1. The van der Waals surface area contributed by atoms with Crippen molar-refractivity contribution in [2.24, 2.45) is 0 Å². The second-order valence-electron chi connectivity index (χ2n) is 7.81. The average molecular weight is 371 g/mol. The highest BCUT2D eigenvalue weighted by atomic mass is 16.5. The van der Waals surface area contributed by atoms with Gasteiger partial charge in [0.05, 0.1) is 24.6 Å². The zero-order valence-electron chi connectivity index (χ0n) is 16.9. The predicted molar refractivity (Wildman–Crippen MR) is 104 cm³/mol. The number of hydrogen-bond acceptors (Lipinski definition) is 5. The van der Waals surface area contributed by atoms with Gasteiger partial charge in [-0.3, -0.25) is 9.69 Å². The molecule has 0 bridgehead atoms. The van der Waals surface area contributed by atoms with Crippen molar-refractivity contribution in [2.75, 3.05) is 32.8 Å². The number of amides is 1. The Morgan fingerprint density at radius 2 is 1.89 bits per heavy atom. The minimum absolute atomic E-state index is 0.142. The SMILES string of the molecule is Cc1ccc(-n2nc(C)c(C(=O)NCC(C)(C)N3CCOCC3)n2)c(C)c1. The van der Waals surface area contributed by atoms with Crippen LogP contribution in [-0.2, 0) is 4.74 Å². The molecule has 1 aliphatic heterocycles. The van der Waals surface area contributed by atoms with Crippen molar-refractivity contribution >= 4 is 5.91 Å². The smallest absolute Gasteiger partial charge is 0.273 e. The molecule has 27 heavy (non-hydrogen) atoms. The number of carbonyl (C=O) groups excluding carboxylic acids is 1. The molecule has 0 saturated carbocycles. The van der Waals surface area contributed by atoms with Gasteiger partial charge in [0.15, 0.2) is 5.69 Å². The van der Waals surface area contributed by atoms with Crippen molar-refractivity contribution in [3.8, 4) is 5.69 Å². The van der Waals surface area contributed by atoms with E-state index in [0.29, 0.717) is 17.9 Å². The summed E-state index contributed by atoms with van der Waals surface area (Å²) >= 11 is 0. The maximum absolute atomic E-state index is 12.7. The molecule has 1 N–H and O–H groups in total. The van der Waals surface area contributed by atoms with E-state index in [-0.39, 0.29) is 11.4 Å². The van der Waals surface area contributed by atoms with Crippen molar-refractivity contribution in [1.29, 1.82) is 0 Å². The molecule has 7 nitrogen and oxygen atoms in total. The Kier molecular flexibility index (Phi) is 5.62. The van der Waals surface area contributed by atoms with Gasteiger partial charge in [-0.05, 0) is 46.2 Å². The lowest BCUT2D eigenvalue weighted by Gasteiger charge is -2.40. The molecule has 1 aromatic carbocycles. The zero-order chi connectivity index (χ0) is 19.6. The monoisotopic (exact) mass is 371 g/mol. The number of hydrogen-bond donors (Lipinski definition) is 1. The van der Waals surface area contributed by atoms with Gasteiger partial charge < -0.3 is 10.1 Å². The first-order valence-electron chi connectivity index (χ1n) is 9.40. The molecule has 0 radical (unpaired) electrons. The summed E-state index contributed by atoms with van der Waals surface area (Å²) in [5.74, 6) is -0.190. The van der Waals surface area contributed by atoms with E-state index in [4.69, 9.17) is 4.74 Å². The van der Waals surface area contributed by atoms with Gasteiger partial charge >= 0.3 is 0 Å². The molecule has 1 saturated heterocycles. The summed E-state index contributed by atoms with van der Waals surface area (Å²) in [6, 6.07) is 6.08. The minimum atomic E-state index is -0.190. The maximum Gasteiger partial charge on any atom is 0.273 e. The number of nitrogens with one attached hydrogen (secondary N) is 1. The number of aryl methyl sites for hydroxylation is 3. The van der Waals surface area contributed by atoms with E-state index in [9.17, 15) is 4.79 Å². The van der Waals surface area contributed by atoms with Gasteiger partial charge in [-0.1, -0.05) is 17.7 Å². The van der Waals surface area contributed by atoms with Crippen LogP contribution in [0.1, 0.15) is 41.2 Å². The maximum atomic E-state index is 12.7. The quantitative estimate of drug-likeness (QED) is 0.871. The highest BCUT2D eigenvalue weighted by Gasteiger charge is 2.29. The Balaban J connectivity index is 1.71. The fourth-order valence-electron chi connectivity index (χ4n) is 3.39. The molecule has 1 fully saturated rings. The molecule has 3 rings (SSSR count). The summed E-state index contributed by atoms with van der Waals surface area (Å²) in [5.41, 5.74) is 3.99. The van der Waals surface area contributed by atoms with Crippen LogP contribution in [0.2, 0.25) is 0 Å². The molecule has 2 aromatic rings. The van der Waals surface area contributed by atoms with Crippen LogP contribution in [0.3, 0.4) is 0 Å². The Labute approximate surface area is 160 Å². The molecule has 1 amide bonds. The van der Waals surface area contributed by atoms with Crippen LogP contribution in [0.5, 0.6) is 0 Å². The fourth-order valence-corrected chi connectivity index (χ4v) is 3.39. The van der Waals surface area contributed by atoms with Crippen molar-refractivity contribution in [3.63, 3.8) is 0 Å². The highest BCUT2D eigenvalue weighted by Crippen LogP contribution is 2.17. The summed E-state index contributed by atoms with van der Waals surface area (Å²) in [7, 11) is 0. The van der Waals surface area contributed by atoms with Crippen molar-refractivity contribution in [1.82, 2.24) is 25.2 Å². The first-order chi connectivity index (χ1) is 12.8. The molecule has 0 unspecified atom stereocenters. The number of aromatic nitrogens is 3. The largest absolute Gasteiger partial charge is 0.379 e. The number of benzene rings is 1. The summed E-state index contributed by atoms with van der Waals surface area (Å²) in [6.45, 7) is 13.9. The van der Waals surface area contributed by atoms with Gasteiger partial charge in [-0.2, -0.15) is 9.90 Å². The van der Waals surface area contributed by atoms with Crippen LogP contribution >= 0.6 is 0 Å². The van der Waals surface area contributed by atoms with E-state index in [1.807, 2.05) is 32.9 Å². The fraction of sp³-hybridized carbons (Fsp3) is 0.550. The second kappa shape index (κ2) is 7.78. The summed E-state index contributed by atoms with van der Waals surface area (Å²) in [6.07, 6.45) is 0. The molecular formula is C20H29N5O2. The first kappa shape index (κ1) is 19.5. The number of rotatable bonds is 5. The summed E-state index contributed by atoms with van der Waals surface area (Å²) < 4.78 is 5.42. The van der Waals surface area contributed by atoms with Crippen LogP contribution in [-0.4, -0.2) is 64.2 Å². The number of morpholine rings is 1. The molecule has 1 aliphatic rings. The molecular weight excluding hydrogens is 342 g/mol. The number of nitrogens with zero attached hydrogens (tertiary/aromatic N) is 4. The van der Waals surface area contributed by atoms with Gasteiger partial charge in [0, 0.05) is 25.2 Å². The van der Waals surface area contributed by atoms with Crippen LogP contribution < -0.4 is 5.32 Å². The van der Waals surface area contributed by atoms with Crippen molar-refractivity contribution in [3.05, 3.63) is 40.7 Å². The predicted octanol–water partition coefficient (Wildman–Crippen LogP) is 2.03. The molecule has 2 heterocycles. The Bertz CT molecular complexity index is 822. The number of carbonyl (C=O) groups is 1. The van der Waals surface area contributed by atoms with Gasteiger partial charge in [-0.15, -0.1) is 5.10 Å². The topological polar surface area (TPSA) is 72.3 Å². The molecule has 7 heteroatoms. The Morgan fingerprint density at radius 3 is 2.56 bits per heavy atom. The summed E-state index contributed by atoms with van der Waals surface area (Å²) in [5, 5.41) is 11.9. The average Bonchev–Trinajstić information content (AvgIpc) is 3.02. The molecule has 146 valence electrons. The zero-order valence-corrected chi connectivity index (χ0v) is 16.9. The van der Waals surface area contributed by atoms with Crippen molar-refractivity contribution < 1.29 is 9.53 Å². The van der Waals surface area contributed by atoms with Gasteiger partial charge in [0.1, 0.15) is 0 Å². The van der Waals surface area contributed by atoms with Gasteiger partial charge in [0.25, 0.3) is 5.91 Å². The summed E-state index contributed by atoms with van der Waals surface area (Å²) in [4.78, 5) is 16.6. The molecule has 1 aromatic heterocycles. The Morgan fingerprint density at radius 1 is 1.19 bits per heavy atom. The molecule has 0 atom stereocenters. The van der Waals surface area contributed by atoms with E-state index in [1.54, 1.807) is 4.80 Å². The minimum Gasteiger partial charge on any atom is -0.379 e. The van der Waals surface area contributed by atoms with Crippen molar-refractivity contribution in [2.45, 2.75) is 40.2 Å². The third kappa shape index (κ3) is 4.36. The molecule has 0 spiro atoms. The standard InChI is InChI=1S/C20H29N5O2/c1-14-6-7-17(15(2)12-14)25-22-16(3)18(23-25)19(26)21-13-20(4,5)24-8-10-27-11-9-24/h6-7,12H,8-11,13H2,1-5H3,(H,21,26). The second-order valence-corrected chi connectivity index (χ2v) is 7.81. The van der Waals surface area contributed by atoms with Gasteiger partial charge in [0.2, 0.25) is 0 Å². The normalized spacial score (nSPS) is 15.7. The van der Waals surface area contributed by atoms with Gasteiger partial charge in [-0.25, -0.2) is 0 Å². The van der Waals surface area contributed by atoms with Crippen LogP contribution in [0.15, 0.2) is 18.2 Å². The Hall–Kier alpha value is -2.25. The van der Waals surface area contributed by atoms with E-state index >= 15 is 0 Å². The lowest BCUT2D eigenvalue weighted by atomic mass is 10.0. The third-order valence-corrected chi connectivity index (χ3v) is 5.11. The van der Waals surface area contributed by atoms with E-state index in [1.165, 1.54) is 5.56 Å². The van der Waals surface area contributed by atoms with E-state index in [2.05, 4.69) is 40.3 Å². The first-order valence-corrected chi connectivity index (χ1v) is 9.40. The van der Waals surface area contributed by atoms with Crippen LogP contribution in [0.4, 0.5) is 0 Å². The lowest BCUT2D eigenvalue weighted by Crippen LogP contribution is -2.55. The highest BCUT2D eigenvalue weighted by molar-refractivity contribution is 5.93. The molecule has 0 aliphatic carbocycles. The van der Waals surface area contributed by atoms with E-state index < -0.39 is 0 Å². The van der Waals surface area contributed by atoms with Crippen LogP contribution in [0.25, 0.3) is 5.69 Å². The van der Waals surface area contributed by atoms with E-state index in [0.717, 1.165) is 37.6 Å². The third-order valence-electron chi connectivity index (χ3n) is 5.11. The van der Waals surface area contributed by atoms with Crippen LogP contribution in [0, 0.1) is 20.8 Å². The lowest BCUT2D eigenvalue weighted by molar-refractivity contribution is -0.00924.